The Hall–Kier alpha value is -2.62. The molecule has 1 rings (SSSR count). The average Bonchev–Trinajstić information content (AvgIpc) is 2.33. The molecule has 0 aliphatic carbocycles. The first-order valence-corrected chi connectivity index (χ1v) is 4.70. The third-order valence-electron chi connectivity index (χ3n) is 0.979. The average molecular weight is 253 g/mol. The fraction of sp³-hybridized carbons (Fsp3) is 0. The summed E-state index contributed by atoms with van der Waals surface area (Å²) >= 11 is 0. The maximum atomic E-state index is 8.35. The van der Waals surface area contributed by atoms with Crippen molar-refractivity contribution < 1.29 is 18.8 Å². The molecule has 0 aliphatic rings. The molecule has 7 nitrogen and oxygen atoms in total. The number of nitrogens with one attached hydrogen (secondary N) is 3. The normalized spacial score (nSPS) is 5.65. The van der Waals surface area contributed by atoms with E-state index in [1.54, 1.807) is 0 Å². The first-order valence-electron chi connectivity index (χ1n) is 3.89. The van der Waals surface area contributed by atoms with Crippen molar-refractivity contribution in [1.82, 2.24) is 0 Å². The lowest BCUT2D eigenvalue weighted by molar-refractivity contribution is 0.562. The summed E-state index contributed by atoms with van der Waals surface area (Å²) in [6.07, 6.45) is 2.25. The summed E-state index contributed by atoms with van der Waals surface area (Å²) < 4.78 is 5.05. The first kappa shape index (κ1) is 19.9. The number of carbonyl (C=O) groups excluding carboxylic acids is 3. The van der Waals surface area contributed by atoms with Crippen LogP contribution in [0.5, 0.6) is 5.75 Å². The van der Waals surface area contributed by atoms with Crippen molar-refractivity contribution in [2.45, 2.75) is 0 Å². The number of isocyanates is 3. The Morgan fingerprint density at radius 2 is 1.18 bits per heavy atom. The van der Waals surface area contributed by atoms with Gasteiger partial charge in [-0.2, -0.15) is 0 Å². The third kappa shape index (κ3) is 31.8. The number of hydrogen-bond acceptors (Lipinski definition) is 7. The summed E-state index contributed by atoms with van der Waals surface area (Å²) in [5.41, 5.74) is 0. The van der Waals surface area contributed by atoms with Gasteiger partial charge < -0.3 is 4.43 Å². The summed E-state index contributed by atoms with van der Waals surface area (Å²) in [5, 5.41) is 16.2. The van der Waals surface area contributed by atoms with Gasteiger partial charge in [-0.1, -0.05) is 18.2 Å². The van der Waals surface area contributed by atoms with Gasteiger partial charge in [0.25, 0.3) is 0 Å². The minimum Gasteiger partial charge on any atom is -0.553 e. The van der Waals surface area contributed by atoms with Gasteiger partial charge in [-0.05, 0) is 12.1 Å². The molecule has 0 amide bonds. The maximum absolute atomic E-state index is 8.35. The van der Waals surface area contributed by atoms with E-state index in [9.17, 15) is 0 Å². The summed E-state index contributed by atoms with van der Waals surface area (Å²) in [5.74, 6) is 0.971. The topological polar surface area (TPSA) is 132 Å². The van der Waals surface area contributed by atoms with Crippen LogP contribution >= 0.6 is 0 Å². The van der Waals surface area contributed by atoms with Crippen LogP contribution in [0.1, 0.15) is 0 Å². The number of rotatable bonds is 1. The van der Waals surface area contributed by atoms with Crippen molar-refractivity contribution >= 4 is 28.7 Å². The fourth-order valence-corrected chi connectivity index (χ4v) is 0.829. The minimum absolute atomic E-state index is 0.750. The largest absolute Gasteiger partial charge is 0.553 e. The highest BCUT2D eigenvalue weighted by atomic mass is 28.2. The number of para-hydroxylation sites is 1. The third-order valence-corrected chi connectivity index (χ3v) is 1.45. The summed E-state index contributed by atoms with van der Waals surface area (Å²) in [4.78, 5) is 25.0. The lowest BCUT2D eigenvalue weighted by atomic mass is 10.3. The summed E-state index contributed by atoms with van der Waals surface area (Å²) in [6, 6.07) is 9.81. The van der Waals surface area contributed by atoms with Gasteiger partial charge in [0, 0.05) is 0 Å². The van der Waals surface area contributed by atoms with Gasteiger partial charge in [0.2, 0.25) is 28.7 Å². The van der Waals surface area contributed by atoms with E-state index < -0.39 is 0 Å². The van der Waals surface area contributed by atoms with Crippen LogP contribution in [0.25, 0.3) is 0 Å². The van der Waals surface area contributed by atoms with Crippen molar-refractivity contribution in [3.63, 3.8) is 0 Å². The molecule has 17 heavy (non-hydrogen) atoms. The lowest BCUT2D eigenvalue weighted by Crippen LogP contribution is -1.81. The highest BCUT2D eigenvalue weighted by molar-refractivity contribution is 5.99. The Labute approximate surface area is 100 Å². The highest BCUT2D eigenvalue weighted by Gasteiger charge is 1.79. The van der Waals surface area contributed by atoms with E-state index in [-0.39, 0.29) is 0 Å². The zero-order valence-corrected chi connectivity index (χ0v) is 11.0. The van der Waals surface area contributed by atoms with Gasteiger partial charge in [-0.15, -0.1) is 0 Å². The zero-order chi connectivity index (χ0) is 13.9. The molecular formula is C9H11N3O4Si. The molecule has 90 valence electrons. The lowest BCUT2D eigenvalue weighted by Gasteiger charge is -1.95. The Kier molecular flexibility index (Phi) is 27.2. The Bertz CT molecular complexity index is 337. The van der Waals surface area contributed by atoms with Crippen LogP contribution in [0.3, 0.4) is 0 Å². The second kappa shape index (κ2) is 23.3. The van der Waals surface area contributed by atoms with Crippen LogP contribution in [-0.4, -0.2) is 28.7 Å². The molecule has 0 aliphatic heterocycles. The quantitative estimate of drug-likeness (QED) is 0.370. The molecule has 0 bridgehead atoms. The molecule has 1 aromatic carbocycles. The van der Waals surface area contributed by atoms with Crippen molar-refractivity contribution in [3.05, 3.63) is 30.3 Å². The van der Waals surface area contributed by atoms with Gasteiger partial charge in [0.1, 0.15) is 5.75 Å². The van der Waals surface area contributed by atoms with E-state index >= 15 is 0 Å². The summed E-state index contributed by atoms with van der Waals surface area (Å²) in [7, 11) is 0.777. The second-order valence-corrected chi connectivity index (χ2v) is 2.23. The van der Waals surface area contributed by atoms with Crippen LogP contribution in [0.4, 0.5) is 0 Å². The maximum Gasteiger partial charge on any atom is 0.231 e. The van der Waals surface area contributed by atoms with Gasteiger partial charge in [-0.25, -0.2) is 30.6 Å². The highest BCUT2D eigenvalue weighted by Crippen LogP contribution is 2.05. The SMILES string of the molecule is N=C=O.N=C=O.N=C=O.[SiH3]Oc1ccccc1. The number of hydrogen-bond donors (Lipinski definition) is 3. The van der Waals surface area contributed by atoms with Gasteiger partial charge in [-0.3, -0.25) is 0 Å². The second-order valence-electron chi connectivity index (χ2n) is 1.82. The molecule has 0 unspecified atom stereocenters. The Morgan fingerprint density at radius 1 is 0.882 bits per heavy atom. The molecule has 0 aromatic heterocycles. The van der Waals surface area contributed by atoms with Crippen molar-refractivity contribution in [2.24, 2.45) is 0 Å². The van der Waals surface area contributed by atoms with Crippen molar-refractivity contribution in [3.8, 4) is 5.75 Å². The minimum atomic E-state index is 0.750. The number of benzene rings is 1. The van der Waals surface area contributed by atoms with Crippen LogP contribution in [-0.2, 0) is 14.4 Å². The molecule has 0 fully saturated rings. The molecular weight excluding hydrogens is 242 g/mol. The van der Waals surface area contributed by atoms with Crippen LogP contribution in [0.2, 0.25) is 0 Å². The molecule has 3 N–H and O–H groups in total. The predicted octanol–water partition coefficient (Wildman–Crippen LogP) is 0.0487. The van der Waals surface area contributed by atoms with E-state index in [2.05, 4.69) is 0 Å². The van der Waals surface area contributed by atoms with Gasteiger partial charge in [0.15, 0.2) is 0 Å². The van der Waals surface area contributed by atoms with E-state index in [1.807, 2.05) is 30.3 Å². The molecule has 0 spiro atoms. The molecule has 0 saturated carbocycles. The predicted molar refractivity (Wildman–Crippen MR) is 62.2 cm³/mol. The van der Waals surface area contributed by atoms with E-state index in [0.29, 0.717) is 0 Å². The van der Waals surface area contributed by atoms with Crippen LogP contribution in [0.15, 0.2) is 30.3 Å². The molecule has 8 heteroatoms. The fourth-order valence-electron chi connectivity index (χ4n) is 0.557. The summed E-state index contributed by atoms with van der Waals surface area (Å²) in [6.45, 7) is 0. The Morgan fingerprint density at radius 3 is 1.35 bits per heavy atom. The van der Waals surface area contributed by atoms with Gasteiger partial charge in [0.05, 0.1) is 0 Å². The monoisotopic (exact) mass is 253 g/mol. The van der Waals surface area contributed by atoms with E-state index in [0.717, 1.165) is 34.5 Å². The molecule has 0 saturated heterocycles. The smallest absolute Gasteiger partial charge is 0.231 e. The molecule has 0 radical (unpaired) electrons. The van der Waals surface area contributed by atoms with Crippen LogP contribution < -0.4 is 4.43 Å². The molecule has 0 heterocycles. The van der Waals surface area contributed by atoms with E-state index in [1.165, 1.54) is 0 Å². The van der Waals surface area contributed by atoms with Crippen LogP contribution in [0, 0.1) is 16.2 Å². The van der Waals surface area contributed by atoms with E-state index in [4.69, 9.17) is 35.0 Å². The van der Waals surface area contributed by atoms with Gasteiger partial charge >= 0.3 is 0 Å². The zero-order valence-electron chi connectivity index (χ0n) is 9.02. The van der Waals surface area contributed by atoms with Crippen molar-refractivity contribution in [2.75, 3.05) is 0 Å². The first-order chi connectivity index (χ1) is 8.17. The standard InChI is InChI=1S/C6H8OSi.3CHNO/c8-7-6-4-2-1-3-5-6;3*2-1-3/h1-5H,8H3;3*2H. The molecule has 0 atom stereocenters. The Balaban J connectivity index is -0.000000184. The van der Waals surface area contributed by atoms with Crippen molar-refractivity contribution in [1.29, 1.82) is 16.2 Å². The molecule has 1 aromatic rings.